The molecular weight excluding hydrogens is 228 g/mol. The number of hydrogen-bond acceptors (Lipinski definition) is 3. The van der Waals surface area contributed by atoms with Crippen molar-refractivity contribution >= 4 is 11.8 Å². The van der Waals surface area contributed by atoms with Gasteiger partial charge in [0.15, 0.2) is 5.69 Å². The molecule has 4 heteroatoms. The zero-order valence-corrected chi connectivity index (χ0v) is 10.3. The van der Waals surface area contributed by atoms with Crippen LogP contribution in [0.25, 0.3) is 6.08 Å². The Morgan fingerprint density at radius 3 is 2.89 bits per heavy atom. The molecule has 0 saturated carbocycles. The van der Waals surface area contributed by atoms with Gasteiger partial charge < -0.3 is 10.4 Å². The highest BCUT2D eigenvalue weighted by Gasteiger charge is 2.10. The molecule has 0 unspecified atom stereocenters. The van der Waals surface area contributed by atoms with Gasteiger partial charge in [-0.15, -0.1) is 0 Å². The first kappa shape index (κ1) is 13.0. The minimum Gasteiger partial charge on any atom is -0.392 e. The van der Waals surface area contributed by atoms with Crippen LogP contribution in [0.2, 0.25) is 0 Å². The number of benzene rings is 1. The fourth-order valence-electron chi connectivity index (χ4n) is 2.10. The number of aliphatic hydroxyl groups excluding tert-OH is 1. The lowest BCUT2D eigenvalue weighted by atomic mass is 9.98. The molecule has 0 fully saturated rings. The molecule has 0 aromatic heterocycles. The van der Waals surface area contributed by atoms with Gasteiger partial charge in [-0.05, 0) is 36.3 Å². The summed E-state index contributed by atoms with van der Waals surface area (Å²) in [5.74, 6) is 0. The molecule has 4 nitrogen and oxygen atoms in total. The first-order valence-electron chi connectivity index (χ1n) is 6.13. The summed E-state index contributed by atoms with van der Waals surface area (Å²) in [7, 11) is 0. The highest BCUT2D eigenvalue weighted by molar-refractivity contribution is 5.65. The third-order valence-corrected chi connectivity index (χ3v) is 3.11. The third kappa shape index (κ3) is 3.05. The zero-order valence-electron chi connectivity index (χ0n) is 10.3. The van der Waals surface area contributed by atoms with Crippen LogP contribution in [-0.4, -0.2) is 30.0 Å². The molecule has 1 aliphatic heterocycles. The summed E-state index contributed by atoms with van der Waals surface area (Å²) in [5.41, 5.74) is 4.88. The highest BCUT2D eigenvalue weighted by Crippen LogP contribution is 2.21. The topological polar surface area (TPSA) is 69.1 Å². The number of quaternary nitrogens is 1. The smallest absolute Gasteiger partial charge is 0.169 e. The Morgan fingerprint density at radius 2 is 2.22 bits per heavy atom. The van der Waals surface area contributed by atoms with E-state index in [0.717, 1.165) is 41.8 Å². The van der Waals surface area contributed by atoms with Crippen LogP contribution >= 0.6 is 0 Å². The van der Waals surface area contributed by atoms with Crippen LogP contribution in [0.15, 0.2) is 41.5 Å². The highest BCUT2D eigenvalue weighted by atomic mass is 16.5. The Balaban J connectivity index is 2.31. The van der Waals surface area contributed by atoms with Gasteiger partial charge in [-0.25, -0.2) is 5.21 Å². The molecule has 0 atom stereocenters. The molecule has 0 bridgehead atoms. The fourth-order valence-corrected chi connectivity index (χ4v) is 2.10. The maximum atomic E-state index is 9.50. The number of aliphatic hydroxyl groups is 1. The van der Waals surface area contributed by atoms with E-state index in [1.54, 1.807) is 0 Å². The standard InChI is InChI=1S/C14H18N2O2/c17-10-13(11-5-7-15-8-6-11)9-12-3-1-2-4-14(12)16-18/h1-5,9,15-18H,6-8,10H2/p+1/b13-9+. The molecule has 96 valence electrons. The minimum absolute atomic E-state index is 0.0194. The summed E-state index contributed by atoms with van der Waals surface area (Å²) in [6, 6.07) is 7.57. The maximum Gasteiger partial charge on any atom is 0.169 e. The second-order valence-electron chi connectivity index (χ2n) is 4.27. The Bertz CT molecular complexity index is 467. The Morgan fingerprint density at radius 1 is 1.39 bits per heavy atom. The lowest BCUT2D eigenvalue weighted by Crippen LogP contribution is -2.74. The molecular formula is C14H19N2O2+. The van der Waals surface area contributed by atoms with Crippen molar-refractivity contribution in [1.82, 2.24) is 5.32 Å². The summed E-state index contributed by atoms with van der Waals surface area (Å²) in [5, 5.41) is 21.9. The van der Waals surface area contributed by atoms with Gasteiger partial charge in [-0.2, -0.15) is 5.48 Å². The van der Waals surface area contributed by atoms with E-state index in [-0.39, 0.29) is 6.61 Å². The quantitative estimate of drug-likeness (QED) is 0.464. The van der Waals surface area contributed by atoms with Gasteiger partial charge in [0.05, 0.1) is 6.61 Å². The van der Waals surface area contributed by atoms with Gasteiger partial charge >= 0.3 is 0 Å². The van der Waals surface area contributed by atoms with E-state index >= 15 is 0 Å². The number of hydrogen-bond donors (Lipinski definition) is 4. The van der Waals surface area contributed by atoms with Crippen LogP contribution in [-0.2, 0) is 0 Å². The normalized spacial score (nSPS) is 16.6. The first-order valence-corrected chi connectivity index (χ1v) is 6.13. The average Bonchev–Trinajstić information content (AvgIpc) is 2.46. The van der Waals surface area contributed by atoms with Crippen LogP contribution in [0.1, 0.15) is 12.0 Å². The number of rotatable bonds is 4. The molecule has 1 aromatic carbocycles. The van der Waals surface area contributed by atoms with Crippen molar-refractivity contribution in [2.24, 2.45) is 0 Å². The molecule has 0 spiro atoms. The molecule has 2 rings (SSSR count). The van der Waals surface area contributed by atoms with Crippen molar-refractivity contribution in [2.45, 2.75) is 6.42 Å². The molecule has 1 aromatic rings. The predicted molar refractivity (Wildman–Crippen MR) is 70.4 cm³/mol. The van der Waals surface area contributed by atoms with Gasteiger partial charge in [-0.1, -0.05) is 18.2 Å². The fraction of sp³-hybridized carbons (Fsp3) is 0.286. The van der Waals surface area contributed by atoms with E-state index in [4.69, 9.17) is 0 Å². The monoisotopic (exact) mass is 247 g/mol. The summed E-state index contributed by atoms with van der Waals surface area (Å²) in [4.78, 5) is 0. The second kappa shape index (κ2) is 6.47. The maximum absolute atomic E-state index is 9.50. The molecule has 1 aliphatic rings. The van der Waals surface area contributed by atoms with Crippen LogP contribution in [0.5, 0.6) is 0 Å². The van der Waals surface area contributed by atoms with Crippen molar-refractivity contribution in [3.63, 3.8) is 0 Å². The Hall–Kier alpha value is -1.46. The number of nitrogens with two attached hydrogens (primary N) is 1. The second-order valence-corrected chi connectivity index (χ2v) is 4.27. The van der Waals surface area contributed by atoms with Crippen LogP contribution < -0.4 is 10.8 Å². The largest absolute Gasteiger partial charge is 0.392 e. The van der Waals surface area contributed by atoms with Crippen molar-refractivity contribution in [3.05, 3.63) is 47.1 Å². The molecule has 0 aliphatic carbocycles. The van der Waals surface area contributed by atoms with Crippen LogP contribution in [0.4, 0.5) is 5.69 Å². The first-order chi connectivity index (χ1) is 8.85. The molecule has 0 amide bonds. The van der Waals surface area contributed by atoms with E-state index in [1.807, 2.05) is 30.3 Å². The summed E-state index contributed by atoms with van der Waals surface area (Å²) >= 11 is 0. The summed E-state index contributed by atoms with van der Waals surface area (Å²) < 4.78 is 0. The van der Waals surface area contributed by atoms with E-state index in [2.05, 4.69) is 11.4 Å². The summed E-state index contributed by atoms with van der Waals surface area (Å²) in [6.45, 7) is 1.81. The summed E-state index contributed by atoms with van der Waals surface area (Å²) in [6.07, 6.45) is 4.98. The number of nitrogens with one attached hydrogen (secondary N) is 1. The van der Waals surface area contributed by atoms with E-state index in [0.29, 0.717) is 0 Å². The van der Waals surface area contributed by atoms with Crippen molar-refractivity contribution < 1.29 is 15.8 Å². The lowest BCUT2D eigenvalue weighted by molar-refractivity contribution is -0.825. The molecule has 18 heavy (non-hydrogen) atoms. The average molecular weight is 247 g/mol. The third-order valence-electron chi connectivity index (χ3n) is 3.11. The minimum atomic E-state index is 0.0194. The van der Waals surface area contributed by atoms with Crippen molar-refractivity contribution in [3.8, 4) is 0 Å². The van der Waals surface area contributed by atoms with Gasteiger partial charge in [0.1, 0.15) is 0 Å². The molecule has 0 saturated heterocycles. The van der Waals surface area contributed by atoms with E-state index in [9.17, 15) is 10.3 Å². The molecule has 5 N–H and O–H groups in total. The lowest BCUT2D eigenvalue weighted by Gasteiger charge is -2.16. The zero-order chi connectivity index (χ0) is 12.8. The van der Waals surface area contributed by atoms with Crippen LogP contribution in [0, 0.1) is 0 Å². The van der Waals surface area contributed by atoms with Gasteiger partial charge in [0, 0.05) is 18.2 Å². The van der Waals surface area contributed by atoms with Gasteiger partial charge in [0.2, 0.25) is 0 Å². The SMILES string of the molecule is OC/C(=C\c1ccccc1[NH2+]O)C1=CCNCC1. The van der Waals surface area contributed by atoms with Crippen LogP contribution in [0.3, 0.4) is 0 Å². The van der Waals surface area contributed by atoms with Crippen molar-refractivity contribution in [1.29, 1.82) is 0 Å². The van der Waals surface area contributed by atoms with E-state index < -0.39 is 0 Å². The predicted octanol–water partition coefficient (Wildman–Crippen LogP) is 0.566. The Labute approximate surface area is 107 Å². The Kier molecular flexibility index (Phi) is 4.66. The van der Waals surface area contributed by atoms with Gasteiger partial charge in [0.25, 0.3) is 0 Å². The van der Waals surface area contributed by atoms with Crippen molar-refractivity contribution in [2.75, 3.05) is 19.7 Å². The van der Waals surface area contributed by atoms with Gasteiger partial charge in [-0.3, -0.25) is 0 Å². The van der Waals surface area contributed by atoms with E-state index in [1.165, 1.54) is 5.57 Å². The molecule has 0 radical (unpaired) electrons. The number of para-hydroxylation sites is 1. The molecule has 1 heterocycles.